The molecule has 1 rings (SSSR count). The average molecular weight is 228 g/mol. The molecule has 0 aromatic carbocycles. The Hall–Kier alpha value is -0.940. The van der Waals surface area contributed by atoms with Crippen LogP contribution in [0.4, 0.5) is 0 Å². The fourth-order valence-electron chi connectivity index (χ4n) is 1.14. The van der Waals surface area contributed by atoms with Gasteiger partial charge in [0.1, 0.15) is 5.69 Å². The molecule has 0 bridgehead atoms. The number of hydrogen-bond acceptors (Lipinski definition) is 4. The molecule has 1 atom stereocenters. The number of aliphatic hydroxyl groups is 1. The maximum Gasteiger partial charge on any atom is 0.273 e. The number of aromatic nitrogens is 1. The maximum atomic E-state index is 11.8. The van der Waals surface area contributed by atoms with E-state index in [0.717, 1.165) is 5.01 Å². The highest BCUT2D eigenvalue weighted by atomic mass is 32.1. The van der Waals surface area contributed by atoms with E-state index >= 15 is 0 Å². The molecule has 0 radical (unpaired) electrons. The Kier molecular flexibility index (Phi) is 4.23. The van der Waals surface area contributed by atoms with Gasteiger partial charge in [-0.2, -0.15) is 0 Å². The molecule has 0 aliphatic carbocycles. The summed E-state index contributed by atoms with van der Waals surface area (Å²) in [5.74, 6) is -0.0833. The minimum Gasteiger partial charge on any atom is -0.393 e. The molecular weight excluding hydrogens is 212 g/mol. The molecule has 5 heteroatoms. The van der Waals surface area contributed by atoms with Crippen LogP contribution in [-0.4, -0.2) is 40.6 Å². The molecule has 84 valence electrons. The molecule has 0 saturated carbocycles. The fraction of sp³-hybridized carbons (Fsp3) is 0.600. The molecule has 1 amide bonds. The zero-order chi connectivity index (χ0) is 11.4. The van der Waals surface area contributed by atoms with E-state index in [4.69, 9.17) is 5.11 Å². The lowest BCUT2D eigenvalue weighted by atomic mass is 10.2. The first-order chi connectivity index (χ1) is 7.00. The average Bonchev–Trinajstić information content (AvgIpc) is 2.60. The van der Waals surface area contributed by atoms with Crippen molar-refractivity contribution in [1.29, 1.82) is 0 Å². The van der Waals surface area contributed by atoms with Crippen LogP contribution in [0.2, 0.25) is 0 Å². The quantitative estimate of drug-likeness (QED) is 0.845. The van der Waals surface area contributed by atoms with E-state index in [0.29, 0.717) is 18.7 Å². The monoisotopic (exact) mass is 228 g/mol. The summed E-state index contributed by atoms with van der Waals surface area (Å²) in [6.07, 6.45) is 0.211. The molecule has 1 aromatic rings. The van der Waals surface area contributed by atoms with Gasteiger partial charge in [0.2, 0.25) is 0 Å². The normalized spacial score (nSPS) is 12.5. The summed E-state index contributed by atoms with van der Waals surface area (Å²) in [6.45, 7) is 4.13. The van der Waals surface area contributed by atoms with Crippen molar-refractivity contribution in [2.75, 3.05) is 13.6 Å². The van der Waals surface area contributed by atoms with Gasteiger partial charge < -0.3 is 10.0 Å². The topological polar surface area (TPSA) is 53.4 Å². The third-order valence-electron chi connectivity index (χ3n) is 2.07. The second-order valence-corrected chi connectivity index (χ2v) is 4.68. The Bertz CT molecular complexity index is 336. The van der Waals surface area contributed by atoms with Gasteiger partial charge in [0.05, 0.1) is 11.1 Å². The van der Waals surface area contributed by atoms with E-state index in [9.17, 15) is 4.79 Å². The van der Waals surface area contributed by atoms with Crippen molar-refractivity contribution < 1.29 is 9.90 Å². The first kappa shape index (κ1) is 12.1. The van der Waals surface area contributed by atoms with Crippen LogP contribution in [0.1, 0.15) is 28.8 Å². The number of thiazole rings is 1. The number of aliphatic hydroxyl groups excluding tert-OH is 1. The zero-order valence-corrected chi connectivity index (χ0v) is 10.0. The third kappa shape index (κ3) is 3.60. The minimum absolute atomic E-state index is 0.0833. The van der Waals surface area contributed by atoms with Gasteiger partial charge in [-0.05, 0) is 20.3 Å². The minimum atomic E-state index is -0.377. The number of carbonyl (C=O) groups is 1. The van der Waals surface area contributed by atoms with Crippen LogP contribution in [0.15, 0.2) is 5.38 Å². The van der Waals surface area contributed by atoms with Gasteiger partial charge in [0.25, 0.3) is 5.91 Å². The number of amides is 1. The lowest BCUT2D eigenvalue weighted by Crippen LogP contribution is -2.29. The molecule has 0 spiro atoms. The lowest BCUT2D eigenvalue weighted by Gasteiger charge is -2.16. The Morgan fingerprint density at radius 3 is 2.87 bits per heavy atom. The Labute approximate surface area is 93.6 Å². The molecular formula is C10H16N2O2S. The van der Waals surface area contributed by atoms with Gasteiger partial charge in [-0.3, -0.25) is 4.79 Å². The zero-order valence-electron chi connectivity index (χ0n) is 9.23. The smallest absolute Gasteiger partial charge is 0.273 e. The summed E-state index contributed by atoms with van der Waals surface area (Å²) in [5, 5.41) is 11.8. The van der Waals surface area contributed by atoms with Crippen molar-refractivity contribution in [2.24, 2.45) is 0 Å². The van der Waals surface area contributed by atoms with Gasteiger partial charge in [0, 0.05) is 19.0 Å². The summed E-state index contributed by atoms with van der Waals surface area (Å²) >= 11 is 1.47. The SMILES string of the molecule is Cc1nc(C(=O)N(C)CCC(C)O)cs1. The van der Waals surface area contributed by atoms with Crippen molar-refractivity contribution in [3.63, 3.8) is 0 Å². The molecule has 0 aliphatic rings. The van der Waals surface area contributed by atoms with E-state index in [1.807, 2.05) is 6.92 Å². The summed E-state index contributed by atoms with van der Waals surface area (Å²) in [6, 6.07) is 0. The predicted octanol–water partition coefficient (Wildman–Crippen LogP) is 1.29. The number of nitrogens with zero attached hydrogens (tertiary/aromatic N) is 2. The van der Waals surface area contributed by atoms with Gasteiger partial charge in [-0.15, -0.1) is 11.3 Å². The maximum absolute atomic E-state index is 11.8. The van der Waals surface area contributed by atoms with Crippen LogP contribution in [0.3, 0.4) is 0 Å². The Morgan fingerprint density at radius 2 is 2.40 bits per heavy atom. The number of aryl methyl sites for hydroxylation is 1. The summed E-state index contributed by atoms with van der Waals surface area (Å²) in [4.78, 5) is 17.5. The number of carbonyl (C=O) groups excluding carboxylic acids is 1. The molecule has 0 aliphatic heterocycles. The lowest BCUT2D eigenvalue weighted by molar-refractivity contribution is 0.0764. The molecule has 0 fully saturated rings. The van der Waals surface area contributed by atoms with Crippen LogP contribution in [0.5, 0.6) is 0 Å². The van der Waals surface area contributed by atoms with E-state index in [-0.39, 0.29) is 12.0 Å². The van der Waals surface area contributed by atoms with Crippen LogP contribution >= 0.6 is 11.3 Å². The third-order valence-corrected chi connectivity index (χ3v) is 2.84. The second kappa shape index (κ2) is 5.23. The highest BCUT2D eigenvalue weighted by molar-refractivity contribution is 7.09. The van der Waals surface area contributed by atoms with Gasteiger partial charge >= 0.3 is 0 Å². The Balaban J connectivity index is 2.53. The van der Waals surface area contributed by atoms with E-state index < -0.39 is 0 Å². The van der Waals surface area contributed by atoms with Crippen LogP contribution in [0, 0.1) is 6.92 Å². The second-order valence-electron chi connectivity index (χ2n) is 3.62. The molecule has 15 heavy (non-hydrogen) atoms. The molecule has 1 aromatic heterocycles. The van der Waals surface area contributed by atoms with Crippen LogP contribution < -0.4 is 0 Å². The molecule has 4 nitrogen and oxygen atoms in total. The van der Waals surface area contributed by atoms with Crippen LogP contribution in [-0.2, 0) is 0 Å². The van der Waals surface area contributed by atoms with Crippen molar-refractivity contribution in [2.45, 2.75) is 26.4 Å². The highest BCUT2D eigenvalue weighted by Gasteiger charge is 2.14. The van der Waals surface area contributed by atoms with Gasteiger partial charge in [-0.1, -0.05) is 0 Å². The number of rotatable bonds is 4. The van der Waals surface area contributed by atoms with Crippen molar-refractivity contribution >= 4 is 17.2 Å². The standard InChI is InChI=1S/C10H16N2O2S/c1-7(13)4-5-12(3)10(14)9-6-15-8(2)11-9/h6-7,13H,4-5H2,1-3H3. The molecule has 1 N–H and O–H groups in total. The fourth-order valence-corrected chi connectivity index (χ4v) is 1.73. The largest absolute Gasteiger partial charge is 0.393 e. The van der Waals surface area contributed by atoms with Gasteiger partial charge in [-0.25, -0.2) is 4.98 Å². The Morgan fingerprint density at radius 1 is 1.73 bits per heavy atom. The van der Waals surface area contributed by atoms with Gasteiger partial charge in [0.15, 0.2) is 0 Å². The summed E-state index contributed by atoms with van der Waals surface area (Å²) in [5.41, 5.74) is 0.491. The molecule has 1 unspecified atom stereocenters. The summed E-state index contributed by atoms with van der Waals surface area (Å²) < 4.78 is 0. The molecule has 0 saturated heterocycles. The first-order valence-electron chi connectivity index (χ1n) is 4.86. The van der Waals surface area contributed by atoms with Crippen LogP contribution in [0.25, 0.3) is 0 Å². The van der Waals surface area contributed by atoms with Crippen molar-refractivity contribution in [3.8, 4) is 0 Å². The summed E-state index contributed by atoms with van der Waals surface area (Å²) in [7, 11) is 1.72. The molecule has 1 heterocycles. The first-order valence-corrected chi connectivity index (χ1v) is 5.74. The predicted molar refractivity (Wildman–Crippen MR) is 60.1 cm³/mol. The van der Waals surface area contributed by atoms with E-state index in [1.54, 1.807) is 24.3 Å². The number of hydrogen-bond donors (Lipinski definition) is 1. The van der Waals surface area contributed by atoms with E-state index in [1.165, 1.54) is 11.3 Å². The van der Waals surface area contributed by atoms with Crippen molar-refractivity contribution in [1.82, 2.24) is 9.88 Å². The highest BCUT2D eigenvalue weighted by Crippen LogP contribution is 2.10. The van der Waals surface area contributed by atoms with Crippen molar-refractivity contribution in [3.05, 3.63) is 16.1 Å². The van der Waals surface area contributed by atoms with E-state index in [2.05, 4.69) is 4.98 Å².